The molecule has 2 amide bonds. The maximum absolute atomic E-state index is 12.5. The fourth-order valence-electron chi connectivity index (χ4n) is 2.52. The van der Waals surface area contributed by atoms with Crippen LogP contribution < -0.4 is 10.6 Å². The number of nitrogens with one attached hydrogen (secondary N) is 2. The van der Waals surface area contributed by atoms with E-state index < -0.39 is 0 Å². The normalized spacial score (nSPS) is 13.6. The number of pyridine rings is 1. The number of carbonyl (C=O) groups is 2. The summed E-state index contributed by atoms with van der Waals surface area (Å²) in [6.07, 6.45) is 3.60. The summed E-state index contributed by atoms with van der Waals surface area (Å²) in [5.74, 6) is -0.0392. The van der Waals surface area contributed by atoms with Gasteiger partial charge in [0.15, 0.2) is 0 Å². The van der Waals surface area contributed by atoms with Crippen LogP contribution in [0.4, 0.5) is 10.7 Å². The lowest BCUT2D eigenvalue weighted by Gasteiger charge is -2.08. The summed E-state index contributed by atoms with van der Waals surface area (Å²) < 4.78 is 0.926. The predicted octanol–water partition coefficient (Wildman–Crippen LogP) is 4.66. The second-order valence-corrected chi connectivity index (χ2v) is 7.81. The van der Waals surface area contributed by atoms with Crippen LogP contribution in [0.2, 0.25) is 0 Å². The maximum Gasteiger partial charge on any atom is 0.265 e. The summed E-state index contributed by atoms with van der Waals surface area (Å²) in [6.45, 7) is 0. The number of rotatable bonds is 4. The van der Waals surface area contributed by atoms with Crippen LogP contribution in [0.1, 0.15) is 22.5 Å². The molecule has 0 atom stereocenters. The van der Waals surface area contributed by atoms with E-state index in [-0.39, 0.29) is 17.7 Å². The smallest absolute Gasteiger partial charge is 0.265 e. The lowest BCUT2D eigenvalue weighted by molar-refractivity contribution is -0.117. The fourth-order valence-corrected chi connectivity index (χ4v) is 3.78. The molecule has 0 aliphatic heterocycles. The first kappa shape index (κ1) is 16.2. The van der Waals surface area contributed by atoms with Crippen LogP contribution in [0.3, 0.4) is 0 Å². The molecule has 2 N–H and O–H groups in total. The number of thiophene rings is 1. The van der Waals surface area contributed by atoms with Gasteiger partial charge in [-0.1, -0.05) is 22.0 Å². The lowest BCUT2D eigenvalue weighted by atomic mass is 10.2. The molecular weight excluding hydrogens is 402 g/mol. The number of fused-ring (bicyclic) bond motifs is 1. The highest BCUT2D eigenvalue weighted by Crippen LogP contribution is 2.32. The van der Waals surface area contributed by atoms with E-state index in [0.29, 0.717) is 15.6 Å². The molecule has 25 heavy (non-hydrogen) atoms. The minimum Gasteiger partial charge on any atom is -0.319 e. The third-order valence-electron chi connectivity index (χ3n) is 3.99. The Kier molecular flexibility index (Phi) is 4.27. The zero-order valence-electron chi connectivity index (χ0n) is 13.1. The first-order chi connectivity index (χ1) is 12.1. The number of carbonyl (C=O) groups excluding carboxylic acids is 2. The fraction of sp³-hybridized carbons (Fsp3) is 0.167. The molecule has 1 fully saturated rings. The summed E-state index contributed by atoms with van der Waals surface area (Å²) in [5, 5.41) is 7.40. The van der Waals surface area contributed by atoms with Crippen LogP contribution in [0.5, 0.6) is 0 Å². The van der Waals surface area contributed by atoms with Crippen LogP contribution in [0.15, 0.2) is 47.1 Å². The number of halogens is 1. The molecular formula is C18H14BrN3O2S. The van der Waals surface area contributed by atoms with Crippen LogP contribution in [0, 0.1) is 5.92 Å². The van der Waals surface area contributed by atoms with Gasteiger partial charge in [-0.05, 0) is 43.2 Å². The number of benzene rings is 1. The Hall–Kier alpha value is -2.25. The number of anilines is 2. The number of aromatic nitrogens is 1. The van der Waals surface area contributed by atoms with E-state index >= 15 is 0 Å². The molecule has 1 aliphatic carbocycles. The number of nitrogens with zero attached hydrogens (tertiary/aromatic N) is 1. The van der Waals surface area contributed by atoms with Gasteiger partial charge in [0.05, 0.1) is 21.1 Å². The topological polar surface area (TPSA) is 71.1 Å². The summed E-state index contributed by atoms with van der Waals surface area (Å²) in [5.41, 5.74) is 1.38. The van der Waals surface area contributed by atoms with Crippen molar-refractivity contribution in [1.82, 2.24) is 4.98 Å². The molecule has 2 heterocycles. The van der Waals surface area contributed by atoms with Gasteiger partial charge >= 0.3 is 0 Å². The van der Waals surface area contributed by atoms with Crippen molar-refractivity contribution < 1.29 is 9.59 Å². The second-order valence-electron chi connectivity index (χ2n) is 5.88. The third-order valence-corrected chi connectivity index (χ3v) is 5.68. The Morgan fingerprint density at radius 3 is 2.76 bits per heavy atom. The zero-order chi connectivity index (χ0) is 17.4. The monoisotopic (exact) mass is 415 g/mol. The van der Waals surface area contributed by atoms with E-state index in [9.17, 15) is 9.59 Å². The lowest BCUT2D eigenvalue weighted by Crippen LogP contribution is -2.12. The number of hydrogen-bond acceptors (Lipinski definition) is 4. The van der Waals surface area contributed by atoms with Crippen molar-refractivity contribution in [2.24, 2.45) is 5.92 Å². The Bertz CT molecular complexity index is 981. The van der Waals surface area contributed by atoms with Crippen LogP contribution in [-0.4, -0.2) is 16.8 Å². The summed E-state index contributed by atoms with van der Waals surface area (Å²) >= 11 is 4.76. The molecule has 0 spiro atoms. The zero-order valence-corrected chi connectivity index (χ0v) is 15.5. The van der Waals surface area contributed by atoms with Crippen molar-refractivity contribution in [2.75, 3.05) is 10.6 Å². The van der Waals surface area contributed by atoms with Crippen molar-refractivity contribution in [3.8, 4) is 0 Å². The molecule has 0 unspecified atom stereocenters. The minimum atomic E-state index is -0.216. The van der Waals surface area contributed by atoms with Gasteiger partial charge in [-0.2, -0.15) is 0 Å². The largest absolute Gasteiger partial charge is 0.319 e. The highest BCUT2D eigenvalue weighted by molar-refractivity contribution is 9.10. The van der Waals surface area contributed by atoms with E-state index in [4.69, 9.17) is 0 Å². The van der Waals surface area contributed by atoms with Gasteiger partial charge < -0.3 is 10.6 Å². The first-order valence-electron chi connectivity index (χ1n) is 7.87. The van der Waals surface area contributed by atoms with Crippen molar-refractivity contribution in [1.29, 1.82) is 0 Å². The third kappa shape index (κ3) is 3.43. The Balaban J connectivity index is 1.53. The van der Waals surface area contributed by atoms with Gasteiger partial charge in [0, 0.05) is 22.0 Å². The number of hydrogen-bond donors (Lipinski definition) is 2. The molecule has 2 aromatic heterocycles. The molecule has 0 saturated heterocycles. The van der Waals surface area contributed by atoms with Gasteiger partial charge in [-0.25, -0.2) is 0 Å². The van der Waals surface area contributed by atoms with Crippen molar-refractivity contribution in [3.63, 3.8) is 0 Å². The SMILES string of the molecule is O=C(Nc1ccc(Br)c2cccnc12)c1ccc(NC(=O)C2CC2)s1. The average Bonchev–Trinajstić information content (AvgIpc) is 3.37. The quantitative estimate of drug-likeness (QED) is 0.650. The molecule has 1 aromatic carbocycles. The average molecular weight is 416 g/mol. The van der Waals surface area contributed by atoms with Gasteiger partial charge in [0.2, 0.25) is 5.91 Å². The molecule has 126 valence electrons. The van der Waals surface area contributed by atoms with E-state index in [2.05, 4.69) is 31.5 Å². The second kappa shape index (κ2) is 6.57. The van der Waals surface area contributed by atoms with E-state index in [1.165, 1.54) is 11.3 Å². The highest BCUT2D eigenvalue weighted by Gasteiger charge is 2.29. The van der Waals surface area contributed by atoms with Gasteiger partial charge in [0.1, 0.15) is 0 Å². The van der Waals surface area contributed by atoms with E-state index in [0.717, 1.165) is 28.2 Å². The molecule has 1 saturated carbocycles. The van der Waals surface area contributed by atoms with E-state index in [1.807, 2.05) is 24.3 Å². The standard InChI is InChI=1S/C18H14BrN3O2S/c19-12-5-6-13(16-11(12)2-1-9-20-16)21-18(24)14-7-8-15(25-14)22-17(23)10-3-4-10/h1-2,5-10H,3-4H2,(H,21,24)(H,22,23). The molecule has 4 rings (SSSR count). The van der Waals surface area contributed by atoms with Crippen LogP contribution in [0.25, 0.3) is 10.9 Å². The Morgan fingerprint density at radius 2 is 1.96 bits per heavy atom. The van der Waals surface area contributed by atoms with Crippen molar-refractivity contribution >= 4 is 60.7 Å². The molecule has 0 radical (unpaired) electrons. The van der Waals surface area contributed by atoms with Gasteiger partial charge in [0.25, 0.3) is 5.91 Å². The highest BCUT2D eigenvalue weighted by atomic mass is 79.9. The van der Waals surface area contributed by atoms with Crippen LogP contribution >= 0.6 is 27.3 Å². The summed E-state index contributed by atoms with van der Waals surface area (Å²) in [4.78, 5) is 29.2. The van der Waals surface area contributed by atoms with Gasteiger partial charge in [-0.3, -0.25) is 14.6 Å². The molecule has 3 aromatic rings. The number of amides is 2. The Morgan fingerprint density at radius 1 is 1.12 bits per heavy atom. The maximum atomic E-state index is 12.5. The minimum absolute atomic E-state index is 0.0388. The summed E-state index contributed by atoms with van der Waals surface area (Å²) in [6, 6.07) is 11.0. The van der Waals surface area contributed by atoms with Crippen molar-refractivity contribution in [2.45, 2.75) is 12.8 Å². The summed E-state index contributed by atoms with van der Waals surface area (Å²) in [7, 11) is 0. The molecule has 1 aliphatic rings. The first-order valence-corrected chi connectivity index (χ1v) is 9.48. The van der Waals surface area contributed by atoms with E-state index in [1.54, 1.807) is 18.3 Å². The Labute approximate surface area is 156 Å². The van der Waals surface area contributed by atoms with Crippen LogP contribution in [-0.2, 0) is 4.79 Å². The van der Waals surface area contributed by atoms with Gasteiger partial charge in [-0.15, -0.1) is 11.3 Å². The predicted molar refractivity (Wildman–Crippen MR) is 103 cm³/mol. The molecule has 5 nitrogen and oxygen atoms in total. The van der Waals surface area contributed by atoms with Crippen molar-refractivity contribution in [3.05, 3.63) is 51.9 Å². The molecule has 7 heteroatoms. The molecule has 0 bridgehead atoms.